The zero-order valence-electron chi connectivity index (χ0n) is 13.4. The van der Waals surface area contributed by atoms with Gasteiger partial charge in [0.15, 0.2) is 5.96 Å². The van der Waals surface area contributed by atoms with E-state index in [1.165, 1.54) is 4.31 Å². The van der Waals surface area contributed by atoms with Crippen LogP contribution in [-0.2, 0) is 10.0 Å². The lowest BCUT2D eigenvalue weighted by molar-refractivity contribution is -0.132. The number of thioether (sulfide) groups is 1. The van der Waals surface area contributed by atoms with Crippen LogP contribution in [0.25, 0.3) is 0 Å². The second-order valence-electron chi connectivity index (χ2n) is 4.88. The summed E-state index contributed by atoms with van der Waals surface area (Å²) >= 11 is 1.72. The Morgan fingerprint density at radius 2 is 1.88 bits per heavy atom. The van der Waals surface area contributed by atoms with Crippen molar-refractivity contribution in [3.8, 4) is 0 Å². The first-order valence-electron chi connectivity index (χ1n) is 7.39. The van der Waals surface area contributed by atoms with Crippen LogP contribution in [0.2, 0.25) is 0 Å². The topological polar surface area (TPSA) is 73.8 Å². The van der Waals surface area contributed by atoms with Crippen LogP contribution in [0.4, 0.5) is 13.2 Å². The molecule has 0 aromatic rings. The van der Waals surface area contributed by atoms with Crippen LogP contribution >= 0.6 is 35.7 Å². The smallest absolute Gasteiger partial charge is 0.357 e. The third kappa shape index (κ3) is 10.1. The third-order valence-electron chi connectivity index (χ3n) is 3.03. The van der Waals surface area contributed by atoms with Gasteiger partial charge >= 0.3 is 6.18 Å². The van der Waals surface area contributed by atoms with Crippen molar-refractivity contribution >= 4 is 51.7 Å². The molecule has 0 atom stereocenters. The number of nitrogens with zero attached hydrogens (tertiary/aromatic N) is 2. The molecule has 12 heteroatoms. The monoisotopic (exact) mass is 504 g/mol. The van der Waals surface area contributed by atoms with Crippen molar-refractivity contribution < 1.29 is 21.6 Å². The summed E-state index contributed by atoms with van der Waals surface area (Å²) in [6.45, 7) is 2.98. The highest BCUT2D eigenvalue weighted by molar-refractivity contribution is 14.0. The fraction of sp³-hybridized carbons (Fsp3) is 0.917. The molecule has 1 rings (SSSR count). The molecule has 144 valence electrons. The summed E-state index contributed by atoms with van der Waals surface area (Å²) in [5.41, 5.74) is 0. The summed E-state index contributed by atoms with van der Waals surface area (Å²) in [4.78, 5) is 3.79. The predicted molar refractivity (Wildman–Crippen MR) is 103 cm³/mol. The van der Waals surface area contributed by atoms with Crippen molar-refractivity contribution in [3.63, 3.8) is 0 Å². The minimum Gasteiger partial charge on any atom is -0.357 e. The van der Waals surface area contributed by atoms with Gasteiger partial charge in [-0.15, -0.1) is 24.0 Å². The zero-order valence-corrected chi connectivity index (χ0v) is 17.4. The van der Waals surface area contributed by atoms with Crippen LogP contribution in [0.15, 0.2) is 4.99 Å². The van der Waals surface area contributed by atoms with Crippen molar-refractivity contribution in [1.29, 1.82) is 0 Å². The fourth-order valence-electron chi connectivity index (χ4n) is 1.89. The number of hydrogen-bond donors (Lipinski definition) is 2. The highest BCUT2D eigenvalue weighted by atomic mass is 127. The molecular weight excluding hydrogens is 480 g/mol. The van der Waals surface area contributed by atoms with Crippen molar-refractivity contribution in [3.05, 3.63) is 0 Å². The van der Waals surface area contributed by atoms with E-state index in [4.69, 9.17) is 0 Å². The third-order valence-corrected chi connectivity index (χ3v) is 5.84. The van der Waals surface area contributed by atoms with E-state index < -0.39 is 29.2 Å². The molecule has 0 unspecified atom stereocenters. The molecule has 0 spiro atoms. The number of halogens is 4. The molecule has 24 heavy (non-hydrogen) atoms. The first-order chi connectivity index (χ1) is 10.7. The Labute approximate surface area is 162 Å². The van der Waals surface area contributed by atoms with Gasteiger partial charge in [0.1, 0.15) is 0 Å². The minimum atomic E-state index is -4.25. The normalized spacial score (nSPS) is 17.2. The van der Waals surface area contributed by atoms with Gasteiger partial charge in [0, 0.05) is 37.7 Å². The van der Waals surface area contributed by atoms with Crippen LogP contribution in [0, 0.1) is 0 Å². The molecule has 0 aliphatic carbocycles. The van der Waals surface area contributed by atoms with Gasteiger partial charge in [-0.1, -0.05) is 0 Å². The number of guanidine groups is 1. The van der Waals surface area contributed by atoms with Crippen LogP contribution in [0.1, 0.15) is 13.3 Å². The lowest BCUT2D eigenvalue weighted by Crippen LogP contribution is -2.44. The van der Waals surface area contributed by atoms with Gasteiger partial charge in [-0.05, 0) is 6.92 Å². The van der Waals surface area contributed by atoms with Crippen LogP contribution in [0.3, 0.4) is 0 Å². The standard InChI is InChI=1S/C12H23F3N4O2S2.HI/c1-2-16-11(17-4-3-12(13,14)15)18-5-10-23(20,21)19-6-8-22-9-7-19;/h2-10H2,1H3,(H2,16,17,18);1H. The number of rotatable bonds is 7. The lowest BCUT2D eigenvalue weighted by Gasteiger charge is -2.25. The molecule has 0 amide bonds. The second-order valence-corrected chi connectivity index (χ2v) is 8.19. The van der Waals surface area contributed by atoms with Gasteiger partial charge < -0.3 is 10.6 Å². The Balaban J connectivity index is 0.00000529. The van der Waals surface area contributed by atoms with E-state index in [2.05, 4.69) is 15.6 Å². The van der Waals surface area contributed by atoms with Crippen molar-refractivity contribution in [2.75, 3.05) is 50.0 Å². The lowest BCUT2D eigenvalue weighted by atomic mass is 10.4. The highest BCUT2D eigenvalue weighted by Gasteiger charge is 2.26. The Kier molecular flexibility index (Phi) is 11.6. The Morgan fingerprint density at radius 3 is 2.42 bits per heavy atom. The van der Waals surface area contributed by atoms with Crippen LogP contribution < -0.4 is 10.6 Å². The number of sulfonamides is 1. The second kappa shape index (κ2) is 11.6. The van der Waals surface area contributed by atoms with E-state index in [0.717, 1.165) is 11.5 Å². The number of nitrogens with one attached hydrogen (secondary N) is 2. The summed E-state index contributed by atoms with van der Waals surface area (Å²) in [5, 5.41) is 5.56. The summed E-state index contributed by atoms with van der Waals surface area (Å²) in [7, 11) is -3.34. The average Bonchev–Trinajstić information content (AvgIpc) is 2.47. The van der Waals surface area contributed by atoms with Crippen molar-refractivity contribution in [2.45, 2.75) is 19.5 Å². The first kappa shape index (κ1) is 24.1. The predicted octanol–water partition coefficient (Wildman–Crippen LogP) is 1.49. The van der Waals surface area contributed by atoms with Gasteiger partial charge in [-0.3, -0.25) is 4.99 Å². The van der Waals surface area contributed by atoms with E-state index in [9.17, 15) is 21.6 Å². The van der Waals surface area contributed by atoms with Gasteiger partial charge in [0.05, 0.1) is 18.7 Å². The summed E-state index contributed by atoms with van der Waals surface area (Å²) in [6.07, 6.45) is -5.26. The Hall–Kier alpha value is 0.0500. The van der Waals surface area contributed by atoms with E-state index in [1.54, 1.807) is 18.7 Å². The molecule has 0 radical (unpaired) electrons. The molecule has 1 aliphatic rings. The molecule has 0 aromatic carbocycles. The first-order valence-corrected chi connectivity index (χ1v) is 10.2. The fourth-order valence-corrected chi connectivity index (χ4v) is 4.38. The number of hydrogen-bond acceptors (Lipinski definition) is 4. The summed E-state index contributed by atoms with van der Waals surface area (Å²) in [5.74, 6) is 1.66. The Morgan fingerprint density at radius 1 is 1.25 bits per heavy atom. The summed E-state index contributed by atoms with van der Waals surface area (Å²) < 4.78 is 62.1. The average molecular weight is 504 g/mol. The molecular formula is C12H24F3IN4O2S2. The van der Waals surface area contributed by atoms with E-state index in [1.807, 2.05) is 0 Å². The molecule has 6 nitrogen and oxygen atoms in total. The maximum Gasteiger partial charge on any atom is 0.390 e. The number of alkyl halides is 3. The van der Waals surface area contributed by atoms with Crippen LogP contribution in [0.5, 0.6) is 0 Å². The van der Waals surface area contributed by atoms with Crippen LogP contribution in [-0.4, -0.2) is 74.8 Å². The van der Waals surface area contributed by atoms with Crippen molar-refractivity contribution in [2.24, 2.45) is 4.99 Å². The largest absolute Gasteiger partial charge is 0.390 e. The van der Waals surface area contributed by atoms with Gasteiger partial charge in [-0.2, -0.15) is 24.9 Å². The molecule has 0 bridgehead atoms. The van der Waals surface area contributed by atoms with Gasteiger partial charge in [0.2, 0.25) is 10.0 Å². The molecule has 1 heterocycles. The van der Waals surface area contributed by atoms with Crippen molar-refractivity contribution in [1.82, 2.24) is 14.9 Å². The number of aliphatic imine (C=N–C) groups is 1. The molecule has 0 aromatic heterocycles. The molecule has 1 saturated heterocycles. The quantitative estimate of drug-likeness (QED) is 0.313. The zero-order chi connectivity index (χ0) is 17.3. The van der Waals surface area contributed by atoms with E-state index in [-0.39, 0.29) is 42.2 Å². The van der Waals surface area contributed by atoms with Gasteiger partial charge in [0.25, 0.3) is 0 Å². The maximum atomic E-state index is 12.1. The molecule has 0 saturated carbocycles. The molecule has 1 fully saturated rings. The Bertz CT molecular complexity index is 483. The minimum absolute atomic E-state index is 0. The van der Waals surface area contributed by atoms with Gasteiger partial charge in [-0.25, -0.2) is 12.7 Å². The highest BCUT2D eigenvalue weighted by Crippen LogP contribution is 2.18. The van der Waals surface area contributed by atoms with E-state index in [0.29, 0.717) is 19.6 Å². The molecule has 1 aliphatic heterocycles. The molecule has 2 N–H and O–H groups in total. The maximum absolute atomic E-state index is 12.1. The van der Waals surface area contributed by atoms with E-state index >= 15 is 0 Å². The summed E-state index contributed by atoms with van der Waals surface area (Å²) in [6, 6.07) is 0. The SMILES string of the molecule is CCNC(=NCCC(F)(F)F)NCCS(=O)(=O)N1CCSCC1.I.